The quantitative estimate of drug-likeness (QED) is 0.717. The van der Waals surface area contributed by atoms with Gasteiger partial charge >= 0.3 is 0 Å². The van der Waals surface area contributed by atoms with Crippen LogP contribution >= 0.6 is 0 Å². The van der Waals surface area contributed by atoms with Crippen LogP contribution in [0.2, 0.25) is 0 Å². The van der Waals surface area contributed by atoms with Crippen molar-refractivity contribution in [3.8, 4) is 0 Å². The van der Waals surface area contributed by atoms with E-state index in [2.05, 4.69) is 5.32 Å². The van der Waals surface area contributed by atoms with Gasteiger partial charge in [0.1, 0.15) is 6.17 Å². The SMILES string of the molecule is FC(C1CCC1)C1CC2CCC(C1)N2. The van der Waals surface area contributed by atoms with Gasteiger partial charge < -0.3 is 5.32 Å². The first kappa shape index (κ1) is 9.14. The second-order valence-corrected chi connectivity index (χ2v) is 5.50. The van der Waals surface area contributed by atoms with Gasteiger partial charge in [-0.3, -0.25) is 0 Å². The lowest BCUT2D eigenvalue weighted by Gasteiger charge is -2.37. The highest BCUT2D eigenvalue weighted by molar-refractivity contribution is 4.96. The summed E-state index contributed by atoms with van der Waals surface area (Å²) in [6, 6.07) is 1.30. The van der Waals surface area contributed by atoms with Crippen molar-refractivity contribution in [2.24, 2.45) is 11.8 Å². The molecule has 2 heterocycles. The van der Waals surface area contributed by atoms with E-state index < -0.39 is 6.17 Å². The van der Waals surface area contributed by atoms with Gasteiger partial charge in [-0.25, -0.2) is 4.39 Å². The Kier molecular flexibility index (Phi) is 2.27. The molecule has 3 unspecified atom stereocenters. The molecular weight excluding hydrogens is 177 g/mol. The van der Waals surface area contributed by atoms with E-state index in [9.17, 15) is 4.39 Å². The second-order valence-electron chi connectivity index (χ2n) is 5.50. The third-order valence-corrected chi connectivity index (χ3v) is 4.56. The number of piperidine rings is 1. The molecule has 0 aromatic heterocycles. The fraction of sp³-hybridized carbons (Fsp3) is 1.00. The Hall–Kier alpha value is -0.110. The standard InChI is InChI=1S/C12H20FN/c13-12(8-2-1-3-8)9-6-10-4-5-11(7-9)14-10/h8-12,14H,1-7H2. The zero-order valence-electron chi connectivity index (χ0n) is 8.71. The van der Waals surface area contributed by atoms with E-state index in [0.29, 0.717) is 23.9 Å². The summed E-state index contributed by atoms with van der Waals surface area (Å²) in [5.74, 6) is 0.816. The molecule has 2 aliphatic heterocycles. The Morgan fingerprint density at radius 3 is 2.07 bits per heavy atom. The van der Waals surface area contributed by atoms with Gasteiger partial charge in [-0.05, 0) is 50.4 Å². The molecule has 1 nitrogen and oxygen atoms in total. The average Bonchev–Trinajstić information content (AvgIpc) is 2.42. The van der Waals surface area contributed by atoms with Crippen molar-refractivity contribution in [1.29, 1.82) is 0 Å². The molecule has 1 aliphatic carbocycles. The second kappa shape index (κ2) is 3.48. The van der Waals surface area contributed by atoms with Gasteiger partial charge in [0.2, 0.25) is 0 Å². The normalized spacial score (nSPS) is 44.8. The summed E-state index contributed by atoms with van der Waals surface area (Å²) in [4.78, 5) is 0. The highest BCUT2D eigenvalue weighted by atomic mass is 19.1. The monoisotopic (exact) mass is 197 g/mol. The van der Waals surface area contributed by atoms with Gasteiger partial charge in [0, 0.05) is 12.1 Å². The lowest BCUT2D eigenvalue weighted by molar-refractivity contribution is 0.0665. The smallest absolute Gasteiger partial charge is 0.106 e. The number of hydrogen-bond acceptors (Lipinski definition) is 1. The summed E-state index contributed by atoms with van der Waals surface area (Å²) in [6.45, 7) is 0. The van der Waals surface area contributed by atoms with Crippen LogP contribution < -0.4 is 5.32 Å². The van der Waals surface area contributed by atoms with E-state index in [-0.39, 0.29) is 0 Å². The van der Waals surface area contributed by atoms with Crippen LogP contribution in [0.5, 0.6) is 0 Å². The molecule has 3 atom stereocenters. The molecule has 0 aromatic rings. The molecule has 2 saturated heterocycles. The number of rotatable bonds is 2. The number of nitrogens with one attached hydrogen (secondary N) is 1. The third kappa shape index (κ3) is 1.48. The van der Waals surface area contributed by atoms with E-state index >= 15 is 0 Å². The Bertz CT molecular complexity index is 202. The van der Waals surface area contributed by atoms with Crippen molar-refractivity contribution in [3.63, 3.8) is 0 Å². The first-order chi connectivity index (χ1) is 6.83. The summed E-state index contributed by atoms with van der Waals surface area (Å²) >= 11 is 0. The topological polar surface area (TPSA) is 12.0 Å². The fourth-order valence-electron chi connectivity index (χ4n) is 3.50. The molecule has 1 N–H and O–H groups in total. The van der Waals surface area contributed by atoms with E-state index in [1.807, 2.05) is 0 Å². The maximum atomic E-state index is 14.1. The van der Waals surface area contributed by atoms with Crippen LogP contribution in [-0.4, -0.2) is 18.3 Å². The Labute approximate surface area is 85.5 Å². The number of halogens is 1. The third-order valence-electron chi connectivity index (χ3n) is 4.56. The largest absolute Gasteiger partial charge is 0.311 e. The van der Waals surface area contributed by atoms with E-state index in [1.54, 1.807) is 0 Å². The van der Waals surface area contributed by atoms with Crippen molar-refractivity contribution in [2.45, 2.75) is 63.2 Å². The molecule has 0 amide bonds. The molecule has 80 valence electrons. The number of hydrogen-bond donors (Lipinski definition) is 1. The van der Waals surface area contributed by atoms with E-state index in [4.69, 9.17) is 0 Å². The van der Waals surface area contributed by atoms with Crippen molar-refractivity contribution >= 4 is 0 Å². The van der Waals surface area contributed by atoms with Gasteiger partial charge in [0.05, 0.1) is 0 Å². The average molecular weight is 197 g/mol. The van der Waals surface area contributed by atoms with Crippen LogP contribution in [0, 0.1) is 11.8 Å². The molecule has 3 rings (SSSR count). The Morgan fingerprint density at radius 1 is 0.929 bits per heavy atom. The highest BCUT2D eigenvalue weighted by Crippen LogP contribution is 2.41. The molecule has 3 fully saturated rings. The van der Waals surface area contributed by atoms with Crippen molar-refractivity contribution in [1.82, 2.24) is 5.32 Å². The predicted octanol–water partition coefficient (Wildman–Crippen LogP) is 2.66. The molecule has 1 saturated carbocycles. The van der Waals surface area contributed by atoms with Crippen molar-refractivity contribution < 1.29 is 4.39 Å². The van der Waals surface area contributed by atoms with Crippen LogP contribution in [-0.2, 0) is 0 Å². The van der Waals surface area contributed by atoms with E-state index in [0.717, 1.165) is 25.7 Å². The molecule has 0 radical (unpaired) electrons. The zero-order chi connectivity index (χ0) is 9.54. The molecule has 0 spiro atoms. The summed E-state index contributed by atoms with van der Waals surface area (Å²) in [6.07, 6.45) is 7.89. The summed E-state index contributed by atoms with van der Waals surface area (Å²) in [7, 11) is 0. The summed E-state index contributed by atoms with van der Waals surface area (Å²) in [5.41, 5.74) is 0. The number of alkyl halides is 1. The van der Waals surface area contributed by atoms with Gasteiger partial charge in [-0.2, -0.15) is 0 Å². The minimum atomic E-state index is -0.478. The molecule has 2 heteroatoms. The molecule has 3 aliphatic rings. The van der Waals surface area contributed by atoms with Crippen LogP contribution in [0.4, 0.5) is 4.39 Å². The molecule has 0 aromatic carbocycles. The van der Waals surface area contributed by atoms with Crippen LogP contribution in [0.1, 0.15) is 44.9 Å². The lowest BCUT2D eigenvalue weighted by atomic mass is 9.74. The summed E-state index contributed by atoms with van der Waals surface area (Å²) < 4.78 is 14.1. The molecular formula is C12H20FN. The minimum absolute atomic E-state index is 0.388. The lowest BCUT2D eigenvalue weighted by Crippen LogP contribution is -2.43. The molecule has 2 bridgehead atoms. The fourth-order valence-corrected chi connectivity index (χ4v) is 3.50. The highest BCUT2D eigenvalue weighted by Gasteiger charge is 2.40. The Morgan fingerprint density at radius 2 is 1.57 bits per heavy atom. The van der Waals surface area contributed by atoms with Gasteiger partial charge in [-0.1, -0.05) is 6.42 Å². The van der Waals surface area contributed by atoms with Crippen molar-refractivity contribution in [3.05, 3.63) is 0 Å². The van der Waals surface area contributed by atoms with Gasteiger partial charge in [-0.15, -0.1) is 0 Å². The Balaban J connectivity index is 1.61. The maximum absolute atomic E-state index is 14.1. The van der Waals surface area contributed by atoms with Crippen LogP contribution in [0.3, 0.4) is 0 Å². The van der Waals surface area contributed by atoms with Crippen LogP contribution in [0.15, 0.2) is 0 Å². The minimum Gasteiger partial charge on any atom is -0.311 e. The van der Waals surface area contributed by atoms with Crippen LogP contribution in [0.25, 0.3) is 0 Å². The predicted molar refractivity (Wildman–Crippen MR) is 54.9 cm³/mol. The van der Waals surface area contributed by atoms with E-state index in [1.165, 1.54) is 19.3 Å². The molecule has 14 heavy (non-hydrogen) atoms. The first-order valence-corrected chi connectivity index (χ1v) is 6.23. The first-order valence-electron chi connectivity index (χ1n) is 6.23. The van der Waals surface area contributed by atoms with Gasteiger partial charge in [0.25, 0.3) is 0 Å². The maximum Gasteiger partial charge on any atom is 0.106 e. The zero-order valence-corrected chi connectivity index (χ0v) is 8.71. The number of fused-ring (bicyclic) bond motifs is 2. The van der Waals surface area contributed by atoms with Crippen molar-refractivity contribution in [2.75, 3.05) is 0 Å². The summed E-state index contributed by atoms with van der Waals surface area (Å²) in [5, 5.41) is 3.58. The van der Waals surface area contributed by atoms with Gasteiger partial charge in [0.15, 0.2) is 0 Å².